The molecule has 0 unspecified atom stereocenters. The number of ether oxygens (including phenoxy) is 4. The zero-order valence-electron chi connectivity index (χ0n) is 78.1. The number of rotatable bonds is 86. The van der Waals surface area contributed by atoms with Crippen molar-refractivity contribution in [2.45, 2.75) is 500 Å². The van der Waals surface area contributed by atoms with Crippen molar-refractivity contribution in [3.05, 3.63) is 107 Å². The number of carbonyl (C=O) groups is 4. The minimum atomic E-state index is -4.82. The third-order valence-electron chi connectivity index (χ3n) is 23.0. The maximum Gasteiger partial charge on any atom is 2.00 e. The van der Waals surface area contributed by atoms with Crippen molar-refractivity contribution in [2.75, 3.05) is 26.4 Å². The van der Waals surface area contributed by atoms with Crippen LogP contribution in [0.1, 0.15) is 531 Å². The van der Waals surface area contributed by atoms with Crippen LogP contribution in [0.15, 0.2) is 94.8 Å². The molecule has 0 bridgehead atoms. The molecule has 17 heteroatoms. The topological polar surface area (TPSA) is 220 Å². The van der Waals surface area contributed by atoms with Gasteiger partial charge in [-0.2, -0.15) is 0 Å². The number of esters is 4. The maximum atomic E-state index is 13.0. The van der Waals surface area contributed by atoms with E-state index in [1.165, 1.54) is 320 Å². The van der Waals surface area contributed by atoms with Gasteiger partial charge in [0.1, 0.15) is 20.2 Å². The number of benzene rings is 2. The zero-order chi connectivity index (χ0) is 87.2. The van der Waals surface area contributed by atoms with Gasteiger partial charge in [0.15, 0.2) is 0 Å². The number of unbranched alkanes of at least 4 members (excludes halogenated alkanes) is 64. The minimum absolute atomic E-state index is 0. The van der Waals surface area contributed by atoms with Crippen LogP contribution in [0, 0.1) is 0 Å². The fraction of sp³-hybridized carbons (Fsp3) is 0.769. The third kappa shape index (κ3) is 75.1. The first kappa shape index (κ1) is 117. The van der Waals surface area contributed by atoms with Crippen molar-refractivity contribution in [1.82, 2.24) is 0 Å². The molecular formula is C104H178CaO14S2. The van der Waals surface area contributed by atoms with Crippen LogP contribution in [0.4, 0.5) is 0 Å². The van der Waals surface area contributed by atoms with Crippen molar-refractivity contribution >= 4 is 81.9 Å². The second-order valence-electron chi connectivity index (χ2n) is 34.3. The van der Waals surface area contributed by atoms with E-state index in [0.717, 1.165) is 153 Å². The minimum Gasteiger partial charge on any atom is -0.744 e. The van der Waals surface area contributed by atoms with E-state index in [-0.39, 0.29) is 86.4 Å². The smallest absolute Gasteiger partial charge is 0.744 e. The summed E-state index contributed by atoms with van der Waals surface area (Å²) in [6, 6.07) is 6.27. The Labute approximate surface area is 773 Å². The number of allylic oxidation sites excluding steroid dienone is 8. The summed E-state index contributed by atoms with van der Waals surface area (Å²) in [5.41, 5.74) is -0.699. The molecule has 0 aliphatic carbocycles. The van der Waals surface area contributed by atoms with Gasteiger partial charge in [0.2, 0.25) is 0 Å². The van der Waals surface area contributed by atoms with Gasteiger partial charge in [-0.05, 0) is 165 Å². The van der Waals surface area contributed by atoms with Crippen molar-refractivity contribution in [3.63, 3.8) is 0 Å². The van der Waals surface area contributed by atoms with Gasteiger partial charge >= 0.3 is 61.6 Å². The average molecular weight is 1760 g/mol. The normalized spacial score (nSPS) is 11.8. The Morgan fingerprint density at radius 1 is 0.223 bits per heavy atom. The summed E-state index contributed by atoms with van der Waals surface area (Å²) in [4.78, 5) is 50.6. The quantitative estimate of drug-likeness (QED) is 0.0150. The fourth-order valence-corrected chi connectivity index (χ4v) is 16.2. The molecule has 0 aromatic heterocycles. The van der Waals surface area contributed by atoms with E-state index in [1.54, 1.807) is 0 Å². The molecule has 2 aromatic rings. The van der Waals surface area contributed by atoms with E-state index in [1.807, 2.05) is 0 Å². The molecule has 0 radical (unpaired) electrons. The van der Waals surface area contributed by atoms with E-state index in [0.29, 0.717) is 25.7 Å². The fourth-order valence-electron chi connectivity index (χ4n) is 15.2. The molecule has 692 valence electrons. The maximum absolute atomic E-state index is 13.0. The molecule has 0 heterocycles. The monoisotopic (exact) mass is 1760 g/mol. The molecule has 0 fully saturated rings. The van der Waals surface area contributed by atoms with Crippen molar-refractivity contribution in [1.29, 1.82) is 0 Å². The van der Waals surface area contributed by atoms with Crippen LogP contribution in [-0.2, 0) is 39.2 Å². The first-order chi connectivity index (χ1) is 58.6. The van der Waals surface area contributed by atoms with Crippen molar-refractivity contribution in [2.24, 2.45) is 0 Å². The Hall–Kier alpha value is -3.64. The van der Waals surface area contributed by atoms with E-state index in [9.17, 15) is 45.1 Å². The Balaban J connectivity index is 0.00000236. The van der Waals surface area contributed by atoms with Crippen LogP contribution in [0.3, 0.4) is 0 Å². The Morgan fingerprint density at radius 2 is 0.364 bits per heavy atom. The largest absolute Gasteiger partial charge is 2.00 e. The number of carbonyl (C=O) groups excluding carboxylic acids is 4. The van der Waals surface area contributed by atoms with Gasteiger partial charge in [-0.15, -0.1) is 0 Å². The molecule has 2 aromatic carbocycles. The predicted molar refractivity (Wildman–Crippen MR) is 507 cm³/mol. The molecule has 0 saturated carbocycles. The van der Waals surface area contributed by atoms with Gasteiger partial charge in [-0.1, -0.05) is 410 Å². The number of hydrogen-bond donors (Lipinski definition) is 0. The summed E-state index contributed by atoms with van der Waals surface area (Å²) in [7, 11) is -9.65. The zero-order valence-corrected chi connectivity index (χ0v) is 81.9. The molecule has 0 spiro atoms. The van der Waals surface area contributed by atoms with Gasteiger partial charge in [0.05, 0.1) is 58.5 Å². The Morgan fingerprint density at radius 3 is 0.521 bits per heavy atom. The van der Waals surface area contributed by atoms with Gasteiger partial charge in [0.25, 0.3) is 0 Å². The van der Waals surface area contributed by atoms with Crippen LogP contribution in [-0.4, -0.2) is 114 Å². The van der Waals surface area contributed by atoms with Crippen LogP contribution >= 0.6 is 0 Å². The Bertz CT molecular complexity index is 2880. The van der Waals surface area contributed by atoms with Crippen LogP contribution in [0.5, 0.6) is 0 Å². The molecule has 2 rings (SSSR count). The summed E-state index contributed by atoms with van der Waals surface area (Å²) < 4.78 is 91.8. The second-order valence-corrected chi connectivity index (χ2v) is 37.0. The standard InChI is InChI=1S/2C52H90O7S.Ca/c2*1-3-5-7-9-11-13-15-17-19-21-23-25-27-29-31-33-35-37-39-41-45-58-51(53)49-44-43-48(60(55,56)57)47-50(49)52(54)59-46-42-40-38-36-34-32-30-28-26-24-22-20-18-16-14-12-10-8-6-4-2;/h2*27-30,43-44,47H,3-26,31-42,45-46H2,1-2H3,(H,55,56,57);/q;;+2/p-2/b2*29-27+,30-28+;. The summed E-state index contributed by atoms with van der Waals surface area (Å²) in [6.45, 7) is 9.77. The number of hydrogen-bond acceptors (Lipinski definition) is 14. The van der Waals surface area contributed by atoms with Crippen LogP contribution < -0.4 is 0 Å². The van der Waals surface area contributed by atoms with E-state index >= 15 is 0 Å². The van der Waals surface area contributed by atoms with Gasteiger partial charge in [-0.25, -0.2) is 36.0 Å². The molecule has 14 nitrogen and oxygen atoms in total. The van der Waals surface area contributed by atoms with Crippen molar-refractivity contribution in [3.8, 4) is 0 Å². The molecule has 0 amide bonds. The van der Waals surface area contributed by atoms with Crippen molar-refractivity contribution < 1.29 is 64.1 Å². The molecule has 0 N–H and O–H groups in total. The second kappa shape index (κ2) is 88.4. The first-order valence-electron chi connectivity index (χ1n) is 50.1. The van der Waals surface area contributed by atoms with Crippen LogP contribution in [0.25, 0.3) is 0 Å². The molecule has 0 aliphatic rings. The molecule has 0 aliphatic heterocycles. The average Bonchev–Trinajstić information content (AvgIpc) is 0.813. The van der Waals surface area contributed by atoms with Gasteiger partial charge in [0, 0.05) is 0 Å². The Kier molecular flexibility index (Phi) is 85.7. The summed E-state index contributed by atoms with van der Waals surface area (Å²) in [6.07, 6.45) is 107. The SMILES string of the molecule is CCCCCCCCCCCCC/C=C/CCCCCCCOC(=O)c1ccc(S(=O)(=O)[O-])cc1C(=O)OCCCCCCC/C=C/CCCCCCCCCCCCC.CCCCCCCCCCCCC/C=C/CCCCCCCOC(=O)c1ccc(S(=O)(=O)[O-])cc1C(=O)OCCCCCCC/C=C/CCCCCCCCCCCCC.[Ca+2]. The molecule has 121 heavy (non-hydrogen) atoms. The third-order valence-corrected chi connectivity index (χ3v) is 24.7. The molecular weight excluding hydrogens is 1580 g/mol. The van der Waals surface area contributed by atoms with Gasteiger partial charge in [-0.3, -0.25) is 0 Å². The summed E-state index contributed by atoms with van der Waals surface area (Å²) >= 11 is 0. The van der Waals surface area contributed by atoms with E-state index in [2.05, 4.69) is 76.3 Å². The van der Waals surface area contributed by atoms with E-state index < -0.39 is 53.9 Å². The summed E-state index contributed by atoms with van der Waals surface area (Å²) in [5.74, 6) is -3.12. The van der Waals surface area contributed by atoms with Crippen LogP contribution in [0.2, 0.25) is 0 Å². The van der Waals surface area contributed by atoms with Gasteiger partial charge < -0.3 is 28.1 Å². The molecule has 0 saturated heterocycles. The molecule has 0 atom stereocenters. The first-order valence-corrected chi connectivity index (χ1v) is 52.9. The predicted octanol–water partition coefficient (Wildman–Crippen LogP) is 31.8. The van der Waals surface area contributed by atoms with E-state index in [4.69, 9.17) is 18.9 Å². The summed E-state index contributed by atoms with van der Waals surface area (Å²) in [5, 5.41) is 0.